The third kappa shape index (κ3) is 38.9. The van der Waals surface area contributed by atoms with Crippen molar-refractivity contribution in [2.24, 2.45) is 0 Å². The average molecular weight is 2190 g/mol. The molecule has 0 aliphatic carbocycles. The van der Waals surface area contributed by atoms with Gasteiger partial charge in [0.2, 0.25) is 0 Å². The molecule has 6 heterocycles. The van der Waals surface area contributed by atoms with Crippen molar-refractivity contribution >= 4 is 115 Å². The number of hydrogen-bond donors (Lipinski definition) is 0. The molecule has 0 saturated heterocycles. The topological polar surface area (TPSA) is 316 Å². The second-order valence-corrected chi connectivity index (χ2v) is 43.6. The Bertz CT molecular complexity index is 5590. The van der Waals surface area contributed by atoms with Crippen LogP contribution >= 0.6 is 31.7 Å². The molecule has 0 atom stereocenters. The van der Waals surface area contributed by atoms with Gasteiger partial charge in [-0.15, -0.1) is 0 Å². The van der Waals surface area contributed by atoms with Gasteiger partial charge in [0.15, 0.2) is 40.5 Å². The van der Waals surface area contributed by atoms with Crippen LogP contribution in [0.25, 0.3) is 33.6 Å². The first-order chi connectivity index (χ1) is 62.6. The van der Waals surface area contributed by atoms with E-state index in [1.807, 2.05) is 82.4 Å². The minimum absolute atomic E-state index is 0. The molecule has 0 saturated carbocycles. The molecule has 0 unspecified atom stereocenters. The van der Waals surface area contributed by atoms with Crippen molar-refractivity contribution in [2.45, 2.75) is 48.0 Å². The largest absolute Gasteiger partial charge is 2.00 e. The number of halogens is 12. The van der Waals surface area contributed by atoms with E-state index >= 15 is 0 Å². The van der Waals surface area contributed by atoms with Crippen molar-refractivity contribution in [1.82, 2.24) is 39.5 Å². The maximum absolute atomic E-state index is 10.7. The quantitative estimate of drug-likeness (QED) is 0.0189. The summed E-state index contributed by atoms with van der Waals surface area (Å²) in [4.78, 5) is 16.0. The molecule has 708 valence electrons. The molecule has 0 radical (unpaired) electrons. The zero-order chi connectivity index (χ0) is 95.9. The molecule has 134 heavy (non-hydrogen) atoms. The number of alkyl halides is 12. The van der Waals surface area contributed by atoms with Gasteiger partial charge in [-0.2, -0.15) is 62.9 Å². The van der Waals surface area contributed by atoms with E-state index in [2.05, 4.69) is 287 Å². The Hall–Kier alpha value is -10.2. The van der Waals surface area contributed by atoms with Gasteiger partial charge in [0.05, 0.1) is 123 Å². The van der Waals surface area contributed by atoms with Crippen LogP contribution in [-0.4, -0.2) is 138 Å². The third-order valence-electron chi connectivity index (χ3n) is 18.4. The van der Waals surface area contributed by atoms with Crippen LogP contribution in [-0.2, 0) is 94.4 Å². The van der Waals surface area contributed by atoms with Crippen molar-refractivity contribution < 1.29 is 145 Å². The molecule has 20 nitrogen and oxygen atoms in total. The fourth-order valence-corrected chi connectivity index (χ4v) is 23.6. The first-order valence-electron chi connectivity index (χ1n) is 39.3. The van der Waals surface area contributed by atoms with Crippen molar-refractivity contribution in [3.8, 4) is 33.6 Å². The van der Waals surface area contributed by atoms with E-state index in [-0.39, 0.29) is 40.8 Å². The SMILES string of the molecule is O=S(=O)([O-])C(F)(F)F.O=S(=O)([O-])C(F)(F)F.O=S(=O)([O-])C(F)(F)F.O=S(=O)([O-])C(F)(F)F.[Pd+2].[Pd+2].c1cc(-c2ccncc2)ccn1.c1cc(Cn2ccc(-c3ccncc3)n2)cc(Cn2ccc(-c3ccncc3)n2)c1.c1ccc([PH+](CCC[PH+](c2ccccc2)c2ccccc2)c2ccccc2)cc1.c1ccc([PH+](CCC[PH+](c2ccccc2)c2ccccc2)c2ccccc2)cc1. The summed E-state index contributed by atoms with van der Waals surface area (Å²) >= 11 is 0. The molecular weight excluding hydrogens is 2100 g/mol. The second-order valence-electron chi connectivity index (χ2n) is 27.7. The van der Waals surface area contributed by atoms with Crippen LogP contribution in [0.3, 0.4) is 0 Å². The zero-order valence-electron chi connectivity index (χ0n) is 69.9. The zero-order valence-corrected chi connectivity index (χ0v) is 80.3. The van der Waals surface area contributed by atoms with Gasteiger partial charge in [0, 0.05) is 85.9 Å². The van der Waals surface area contributed by atoms with E-state index in [1.165, 1.54) is 102 Å². The van der Waals surface area contributed by atoms with Crippen molar-refractivity contribution in [1.29, 1.82) is 0 Å². The van der Waals surface area contributed by atoms with Crippen LogP contribution < -0.4 is 42.4 Å². The fraction of sp³-hybridized carbons (Fsp3) is 0.130. The van der Waals surface area contributed by atoms with Crippen molar-refractivity contribution in [3.05, 3.63) is 401 Å². The Morgan fingerprint density at radius 1 is 0.246 bits per heavy atom. The molecule has 15 aromatic rings. The van der Waals surface area contributed by atoms with Gasteiger partial charge in [-0.05, 0) is 180 Å². The van der Waals surface area contributed by atoms with Gasteiger partial charge in [0.1, 0.15) is 0 Å². The standard InChI is InChI=1S/2C27H26P2.C24H20N6.C10H8N2.4CHF3O3S.2Pd/c2*1-5-14-24(15-6-1)28(25-16-7-2-8-17-25)22-13-23-29(26-18-9-3-10-19-26)27-20-11-4-12-21-27;1-2-19(17-29-14-8-23(27-29)21-4-10-25-11-5-21)16-20(3-1)18-30-15-9-24(28-30)22-6-12-26-13-7-22;1-5-11-6-2-9(1)10-3-7-12-8-4-10;4*2-1(3,4)8(5,6)7;;/h2*1-12,14-21H,13,22-23H2;1-16H,17-18H2;1-8H;4*(H,5,6,7);;/q;;;;;;;;2*+2. The third-order valence-corrected chi connectivity index (χ3v) is 32.4. The first kappa shape index (κ1) is 113. The van der Waals surface area contributed by atoms with Gasteiger partial charge < -0.3 is 18.2 Å². The molecule has 0 fully saturated rings. The molecule has 0 aliphatic heterocycles. The van der Waals surface area contributed by atoms with E-state index in [0.717, 1.165) is 35.6 Å². The molecule has 6 aromatic heterocycles. The summed E-state index contributed by atoms with van der Waals surface area (Å²) in [6.45, 7) is 1.45. The Morgan fingerprint density at radius 2 is 0.418 bits per heavy atom. The Morgan fingerprint density at radius 3 is 0.590 bits per heavy atom. The van der Waals surface area contributed by atoms with E-state index in [9.17, 15) is 52.7 Å². The minimum Gasteiger partial charge on any atom is -0.741 e. The summed E-state index contributed by atoms with van der Waals surface area (Å²) in [6.07, 6.45) is 26.0. The van der Waals surface area contributed by atoms with Crippen LogP contribution in [0.1, 0.15) is 24.0 Å². The average Bonchev–Trinajstić information content (AvgIpc) is 1.52. The number of aromatic nitrogens is 8. The number of hydrogen-bond acceptors (Lipinski definition) is 18. The maximum Gasteiger partial charge on any atom is 2.00 e. The van der Waals surface area contributed by atoms with Gasteiger partial charge in [-0.1, -0.05) is 170 Å². The summed E-state index contributed by atoms with van der Waals surface area (Å²) in [7, 11) is -27.3. The van der Waals surface area contributed by atoms with Gasteiger partial charge in [-0.25, -0.2) is 33.7 Å². The monoisotopic (exact) mass is 2180 g/mol. The van der Waals surface area contributed by atoms with E-state index in [1.54, 1.807) is 49.6 Å². The van der Waals surface area contributed by atoms with Gasteiger partial charge in [0.25, 0.3) is 0 Å². The first-order valence-corrected chi connectivity index (χ1v) is 51.8. The molecule has 9 aromatic carbocycles. The van der Waals surface area contributed by atoms with E-state index in [4.69, 9.17) is 62.1 Å². The number of rotatable bonds is 23. The normalized spacial score (nSPS) is 11.5. The number of pyridine rings is 4. The van der Waals surface area contributed by atoms with Gasteiger partial charge >= 0.3 is 62.9 Å². The smallest absolute Gasteiger partial charge is 0.741 e. The predicted molar refractivity (Wildman–Crippen MR) is 497 cm³/mol. The molecule has 42 heteroatoms. The molecule has 0 spiro atoms. The summed E-state index contributed by atoms with van der Waals surface area (Å²) in [5.41, 5.74) is -13.8. The summed E-state index contributed by atoms with van der Waals surface area (Å²) in [5.74, 6) is 0. The van der Waals surface area contributed by atoms with E-state index < -0.39 is 94.2 Å². The fourth-order valence-electron chi connectivity index (χ4n) is 12.4. The molecule has 0 amide bonds. The van der Waals surface area contributed by atoms with Crippen LogP contribution in [0.2, 0.25) is 0 Å². The summed E-state index contributed by atoms with van der Waals surface area (Å²) in [6, 6.07) is 118. The number of nitrogens with zero attached hydrogens (tertiary/aromatic N) is 8. The van der Waals surface area contributed by atoms with Crippen LogP contribution in [0, 0.1) is 0 Å². The molecule has 15 rings (SSSR count). The minimum atomic E-state index is -6.09. The van der Waals surface area contributed by atoms with Crippen LogP contribution in [0.5, 0.6) is 0 Å². The van der Waals surface area contributed by atoms with E-state index in [0.29, 0.717) is 0 Å². The van der Waals surface area contributed by atoms with Crippen molar-refractivity contribution in [3.63, 3.8) is 0 Å². The van der Waals surface area contributed by atoms with Gasteiger partial charge in [-0.3, -0.25) is 29.3 Å². The van der Waals surface area contributed by atoms with Crippen LogP contribution in [0.4, 0.5) is 52.7 Å². The summed E-state index contributed by atoms with van der Waals surface area (Å²) in [5, 5.41) is 21.6. The Labute approximate surface area is 800 Å². The summed E-state index contributed by atoms with van der Waals surface area (Å²) < 4.78 is 240. The van der Waals surface area contributed by atoms with Crippen molar-refractivity contribution in [2.75, 3.05) is 24.6 Å². The predicted octanol–water partition coefficient (Wildman–Crippen LogP) is 16.9. The van der Waals surface area contributed by atoms with Crippen LogP contribution in [0.15, 0.2) is 390 Å². The molecule has 0 bridgehead atoms. The maximum atomic E-state index is 10.7. The second kappa shape index (κ2) is 55.2. The number of benzene rings is 9. The molecule has 0 aliphatic rings. The molecular formula is C92H84F12N8O12P4Pd2S4+4. The Balaban J connectivity index is 0.000000251. The molecule has 0 N–H and O–H groups in total. The Kier molecular flexibility index (Phi) is 46.3.